The van der Waals surface area contributed by atoms with Crippen LogP contribution in [0, 0.1) is 0 Å². The van der Waals surface area contributed by atoms with Crippen LogP contribution in [0.25, 0.3) is 0 Å². The Morgan fingerprint density at radius 3 is 1.95 bits per heavy atom. The maximum Gasteiger partial charge on any atom is 0.328 e. The molecule has 9 heteroatoms. The van der Waals surface area contributed by atoms with E-state index in [0.717, 1.165) is 30.6 Å². The van der Waals surface area contributed by atoms with Crippen LogP contribution in [0.1, 0.15) is 37.2 Å². The Hall–Kier alpha value is -3.40. The van der Waals surface area contributed by atoms with E-state index in [-0.39, 0.29) is 0 Å². The van der Waals surface area contributed by atoms with Crippen molar-refractivity contribution in [3.8, 4) is 11.5 Å². The molecule has 0 spiro atoms. The molecule has 0 aliphatic heterocycles. The average molecular weight is 530 g/mol. The SMILES string of the molecule is COc1ccccc1OCCOCCOCCNC1CCC(c2ccccc2)CC1.O=C(O)/C=C/C(=O)O. The number of hydrogen-bond donors (Lipinski definition) is 3. The van der Waals surface area contributed by atoms with Crippen LogP contribution in [0.5, 0.6) is 11.5 Å². The van der Waals surface area contributed by atoms with Gasteiger partial charge in [0.2, 0.25) is 0 Å². The van der Waals surface area contributed by atoms with Gasteiger partial charge in [-0.3, -0.25) is 0 Å². The van der Waals surface area contributed by atoms with Crippen molar-refractivity contribution in [2.24, 2.45) is 0 Å². The Kier molecular flexibility index (Phi) is 15.2. The minimum absolute atomic E-state index is 0.494. The summed E-state index contributed by atoms with van der Waals surface area (Å²) >= 11 is 0. The van der Waals surface area contributed by atoms with E-state index in [4.69, 9.17) is 29.2 Å². The summed E-state index contributed by atoms with van der Waals surface area (Å²) in [5.41, 5.74) is 1.49. The van der Waals surface area contributed by atoms with Gasteiger partial charge in [0.25, 0.3) is 0 Å². The number of carboxylic acids is 2. The first-order valence-corrected chi connectivity index (χ1v) is 12.8. The molecule has 1 aliphatic rings. The van der Waals surface area contributed by atoms with Gasteiger partial charge >= 0.3 is 11.9 Å². The number of nitrogens with one attached hydrogen (secondary N) is 1. The first kappa shape index (κ1) is 30.8. The quantitative estimate of drug-likeness (QED) is 0.231. The monoisotopic (exact) mass is 529 g/mol. The molecule has 0 bridgehead atoms. The van der Waals surface area contributed by atoms with Crippen LogP contribution < -0.4 is 14.8 Å². The Morgan fingerprint density at radius 1 is 0.789 bits per heavy atom. The van der Waals surface area contributed by atoms with Gasteiger partial charge in [0.15, 0.2) is 11.5 Å². The number of ether oxygens (including phenoxy) is 4. The van der Waals surface area contributed by atoms with Crippen molar-refractivity contribution >= 4 is 11.9 Å². The van der Waals surface area contributed by atoms with Crippen LogP contribution in [0.15, 0.2) is 66.7 Å². The lowest BCUT2D eigenvalue weighted by Crippen LogP contribution is -2.35. The van der Waals surface area contributed by atoms with Gasteiger partial charge in [-0.25, -0.2) is 9.59 Å². The maximum absolute atomic E-state index is 9.55. The molecule has 2 aromatic carbocycles. The number of hydrogen-bond acceptors (Lipinski definition) is 7. The second kappa shape index (κ2) is 18.8. The topological polar surface area (TPSA) is 124 Å². The second-order valence-electron chi connectivity index (χ2n) is 8.65. The van der Waals surface area contributed by atoms with Gasteiger partial charge in [0, 0.05) is 24.7 Å². The van der Waals surface area contributed by atoms with E-state index in [1.807, 2.05) is 24.3 Å². The summed E-state index contributed by atoms with van der Waals surface area (Å²) in [6.45, 7) is 3.84. The zero-order valence-electron chi connectivity index (χ0n) is 21.9. The third kappa shape index (κ3) is 13.2. The molecule has 208 valence electrons. The number of para-hydroxylation sites is 2. The number of methoxy groups -OCH3 is 1. The highest BCUT2D eigenvalue weighted by atomic mass is 16.6. The summed E-state index contributed by atoms with van der Waals surface area (Å²) in [6, 6.07) is 19.2. The van der Waals surface area contributed by atoms with Gasteiger partial charge in [0.1, 0.15) is 6.61 Å². The van der Waals surface area contributed by atoms with Crippen LogP contribution in [0.2, 0.25) is 0 Å². The van der Waals surface area contributed by atoms with Gasteiger partial charge < -0.3 is 34.5 Å². The van der Waals surface area contributed by atoms with E-state index in [1.54, 1.807) is 7.11 Å². The van der Waals surface area contributed by atoms with Crippen molar-refractivity contribution in [1.82, 2.24) is 5.32 Å². The zero-order valence-corrected chi connectivity index (χ0v) is 21.9. The van der Waals surface area contributed by atoms with Gasteiger partial charge in [-0.2, -0.15) is 0 Å². The Morgan fingerprint density at radius 2 is 1.34 bits per heavy atom. The number of carboxylic acid groups (broad SMARTS) is 2. The molecule has 0 aromatic heterocycles. The number of rotatable bonds is 15. The number of benzene rings is 2. The lowest BCUT2D eigenvalue weighted by Gasteiger charge is -2.29. The van der Waals surface area contributed by atoms with Crippen LogP contribution >= 0.6 is 0 Å². The Bertz CT molecular complexity index is 942. The third-order valence-electron chi connectivity index (χ3n) is 5.97. The molecule has 0 unspecified atom stereocenters. The maximum atomic E-state index is 9.55. The van der Waals surface area contributed by atoms with E-state index >= 15 is 0 Å². The van der Waals surface area contributed by atoms with Crippen LogP contribution in [-0.4, -0.2) is 74.9 Å². The zero-order chi connectivity index (χ0) is 27.4. The third-order valence-corrected chi connectivity index (χ3v) is 5.97. The summed E-state index contributed by atoms with van der Waals surface area (Å²) in [7, 11) is 1.64. The molecule has 38 heavy (non-hydrogen) atoms. The Labute approximate surface area is 224 Å². The Balaban J connectivity index is 0.000000550. The largest absolute Gasteiger partial charge is 0.493 e. The molecule has 0 radical (unpaired) electrons. The molecule has 3 rings (SSSR count). The summed E-state index contributed by atoms with van der Waals surface area (Å²) in [4.78, 5) is 19.1. The molecular formula is C29H39NO8. The van der Waals surface area contributed by atoms with Crippen molar-refractivity contribution in [2.45, 2.75) is 37.6 Å². The van der Waals surface area contributed by atoms with E-state index in [2.05, 4.69) is 35.6 Å². The van der Waals surface area contributed by atoms with E-state index in [1.165, 1.54) is 31.2 Å². The molecule has 0 saturated heterocycles. The molecule has 9 nitrogen and oxygen atoms in total. The van der Waals surface area contributed by atoms with Gasteiger partial charge in [-0.1, -0.05) is 42.5 Å². The smallest absolute Gasteiger partial charge is 0.328 e. The fraction of sp³-hybridized carbons (Fsp3) is 0.448. The van der Waals surface area contributed by atoms with Crippen molar-refractivity contribution in [2.75, 3.05) is 46.7 Å². The molecule has 1 fully saturated rings. The highest BCUT2D eigenvalue weighted by Crippen LogP contribution is 2.32. The molecular weight excluding hydrogens is 490 g/mol. The first-order chi connectivity index (χ1) is 18.5. The molecule has 1 aliphatic carbocycles. The fourth-order valence-electron chi connectivity index (χ4n) is 4.10. The first-order valence-electron chi connectivity index (χ1n) is 12.8. The predicted octanol–water partition coefficient (Wildman–Crippen LogP) is 4.14. The summed E-state index contributed by atoms with van der Waals surface area (Å²) in [5, 5.41) is 19.3. The second-order valence-corrected chi connectivity index (χ2v) is 8.65. The summed E-state index contributed by atoms with van der Waals surface area (Å²) < 4.78 is 22.2. The number of carbonyl (C=O) groups is 2. The molecule has 0 heterocycles. The highest BCUT2D eigenvalue weighted by molar-refractivity contribution is 5.89. The van der Waals surface area contributed by atoms with Crippen LogP contribution in [-0.2, 0) is 19.1 Å². The van der Waals surface area contributed by atoms with Gasteiger partial charge in [-0.05, 0) is 49.3 Å². The molecule has 3 N–H and O–H groups in total. The number of aliphatic carboxylic acids is 2. The molecule has 2 aromatic rings. The molecule has 1 saturated carbocycles. The van der Waals surface area contributed by atoms with E-state index < -0.39 is 11.9 Å². The van der Waals surface area contributed by atoms with Gasteiger partial charge in [0.05, 0.1) is 33.5 Å². The van der Waals surface area contributed by atoms with Crippen molar-refractivity contribution in [3.63, 3.8) is 0 Å². The van der Waals surface area contributed by atoms with Gasteiger partial charge in [-0.15, -0.1) is 0 Å². The standard InChI is InChI=1S/C25H35NO4.C4H4O4/c1-27-24-9-5-6-10-25(24)30-20-19-29-18-17-28-16-15-26-23-13-11-22(12-14-23)21-7-3-2-4-8-21;5-3(6)1-2-4(7)8/h2-10,22-23,26H,11-20H2,1H3;1-2H,(H,5,6)(H,7,8)/b;2-1+. The van der Waals surface area contributed by atoms with Crippen molar-refractivity contribution < 1.29 is 38.7 Å². The van der Waals surface area contributed by atoms with Crippen LogP contribution in [0.3, 0.4) is 0 Å². The van der Waals surface area contributed by atoms with E-state index in [0.29, 0.717) is 44.6 Å². The lowest BCUT2D eigenvalue weighted by atomic mass is 9.82. The fourth-order valence-corrected chi connectivity index (χ4v) is 4.10. The van der Waals surface area contributed by atoms with Crippen molar-refractivity contribution in [3.05, 3.63) is 72.3 Å². The minimum Gasteiger partial charge on any atom is -0.493 e. The normalized spacial score (nSPS) is 16.9. The summed E-state index contributed by atoms with van der Waals surface area (Å²) in [6.07, 6.45) is 6.15. The average Bonchev–Trinajstić information content (AvgIpc) is 2.94. The lowest BCUT2D eigenvalue weighted by molar-refractivity contribution is -0.134. The summed E-state index contributed by atoms with van der Waals surface area (Å²) in [5.74, 6) is -0.310. The van der Waals surface area contributed by atoms with Crippen LogP contribution in [0.4, 0.5) is 0 Å². The highest BCUT2D eigenvalue weighted by Gasteiger charge is 2.21. The molecule has 0 atom stereocenters. The van der Waals surface area contributed by atoms with E-state index in [9.17, 15) is 9.59 Å². The molecule has 0 amide bonds. The predicted molar refractivity (Wildman–Crippen MR) is 144 cm³/mol. The minimum atomic E-state index is -1.26. The van der Waals surface area contributed by atoms with Crippen molar-refractivity contribution in [1.29, 1.82) is 0 Å².